The van der Waals surface area contributed by atoms with Gasteiger partial charge in [0, 0.05) is 31.2 Å². The molecule has 3 aliphatic rings. The average molecular weight is 280 g/mol. The van der Waals surface area contributed by atoms with Crippen molar-refractivity contribution in [3.63, 3.8) is 0 Å². The summed E-state index contributed by atoms with van der Waals surface area (Å²) in [4.78, 5) is 2.68. The maximum Gasteiger partial charge on any atom is 0.0578 e. The van der Waals surface area contributed by atoms with Gasteiger partial charge in [-0.2, -0.15) is 0 Å². The van der Waals surface area contributed by atoms with Crippen molar-refractivity contribution in [2.24, 2.45) is 5.92 Å². The average Bonchev–Trinajstić information content (AvgIpc) is 2.88. The third-order valence-corrected chi connectivity index (χ3v) is 5.89. The van der Waals surface area contributed by atoms with E-state index in [1.807, 2.05) is 0 Å². The Morgan fingerprint density at radius 1 is 1.05 bits per heavy atom. The van der Waals surface area contributed by atoms with Crippen LogP contribution in [0.2, 0.25) is 0 Å². The van der Waals surface area contributed by atoms with Crippen molar-refractivity contribution in [1.29, 1.82) is 0 Å². The minimum atomic E-state index is -0.106. The third-order valence-electron chi connectivity index (χ3n) is 5.89. The number of hydrogen-bond donors (Lipinski definition) is 2. The highest BCUT2D eigenvalue weighted by atomic mass is 16.3. The third kappa shape index (κ3) is 3.37. The van der Waals surface area contributed by atoms with Gasteiger partial charge in [0.05, 0.1) is 6.10 Å². The van der Waals surface area contributed by atoms with Crippen molar-refractivity contribution in [3.05, 3.63) is 0 Å². The van der Waals surface area contributed by atoms with Crippen molar-refractivity contribution < 1.29 is 5.11 Å². The molecule has 3 nitrogen and oxygen atoms in total. The Balaban J connectivity index is 1.59. The number of aliphatic hydroxyl groups is 1. The van der Waals surface area contributed by atoms with Gasteiger partial charge in [0.1, 0.15) is 0 Å². The first-order valence-electron chi connectivity index (χ1n) is 8.94. The zero-order chi connectivity index (χ0) is 13.9. The fourth-order valence-electron chi connectivity index (χ4n) is 4.38. The van der Waals surface area contributed by atoms with Gasteiger partial charge < -0.3 is 10.4 Å². The number of likely N-dealkylation sites (tertiary alicyclic amines) is 1. The van der Waals surface area contributed by atoms with Crippen molar-refractivity contribution in [2.45, 2.75) is 88.9 Å². The van der Waals surface area contributed by atoms with Gasteiger partial charge in [-0.25, -0.2) is 0 Å². The van der Waals surface area contributed by atoms with Gasteiger partial charge in [-0.3, -0.25) is 4.90 Å². The molecule has 0 amide bonds. The summed E-state index contributed by atoms with van der Waals surface area (Å²) in [5.41, 5.74) is 0. The molecule has 3 fully saturated rings. The zero-order valence-electron chi connectivity index (χ0n) is 13.1. The van der Waals surface area contributed by atoms with Crippen LogP contribution in [-0.2, 0) is 0 Å². The Bertz CT molecular complexity index is 287. The summed E-state index contributed by atoms with van der Waals surface area (Å²) in [6.45, 7) is 4.46. The highest BCUT2D eigenvalue weighted by Gasteiger charge is 2.36. The van der Waals surface area contributed by atoms with E-state index in [1.165, 1.54) is 57.9 Å². The molecule has 116 valence electrons. The van der Waals surface area contributed by atoms with E-state index in [2.05, 4.69) is 17.1 Å². The van der Waals surface area contributed by atoms with Gasteiger partial charge in [-0.05, 0) is 44.4 Å². The largest absolute Gasteiger partial charge is 0.393 e. The van der Waals surface area contributed by atoms with Gasteiger partial charge in [0.25, 0.3) is 0 Å². The fraction of sp³-hybridized carbons (Fsp3) is 1.00. The number of piperidine rings is 1. The van der Waals surface area contributed by atoms with Gasteiger partial charge in [-0.15, -0.1) is 0 Å². The molecule has 2 saturated carbocycles. The number of aliphatic hydroxyl groups excluding tert-OH is 1. The smallest absolute Gasteiger partial charge is 0.0578 e. The Hall–Kier alpha value is -0.120. The van der Waals surface area contributed by atoms with Crippen molar-refractivity contribution in [1.82, 2.24) is 10.2 Å². The highest BCUT2D eigenvalue weighted by molar-refractivity contribution is 4.93. The molecule has 1 aliphatic heterocycles. The first kappa shape index (κ1) is 14.8. The van der Waals surface area contributed by atoms with Crippen LogP contribution in [0.1, 0.15) is 64.7 Å². The first-order chi connectivity index (χ1) is 9.76. The first-order valence-corrected chi connectivity index (χ1v) is 8.94. The molecule has 2 N–H and O–H groups in total. The minimum Gasteiger partial charge on any atom is -0.393 e. The Morgan fingerprint density at radius 3 is 2.40 bits per heavy atom. The normalized spacial score (nSPS) is 35.1. The van der Waals surface area contributed by atoms with E-state index in [1.54, 1.807) is 0 Å². The van der Waals surface area contributed by atoms with E-state index in [9.17, 15) is 5.11 Å². The quantitative estimate of drug-likeness (QED) is 0.812. The molecule has 2 aliphatic carbocycles. The molecule has 0 bridgehead atoms. The second kappa shape index (κ2) is 6.76. The number of nitrogens with zero attached hydrogens (tertiary/aromatic N) is 1. The summed E-state index contributed by atoms with van der Waals surface area (Å²) in [6, 6.07) is 2.18. The molecule has 3 rings (SSSR count). The zero-order valence-corrected chi connectivity index (χ0v) is 13.1. The maximum absolute atomic E-state index is 10.3. The summed E-state index contributed by atoms with van der Waals surface area (Å²) in [5, 5.41) is 14.2. The molecule has 3 heteroatoms. The van der Waals surface area contributed by atoms with E-state index in [4.69, 9.17) is 0 Å². The van der Waals surface area contributed by atoms with Gasteiger partial charge in [-0.1, -0.05) is 26.2 Å². The van der Waals surface area contributed by atoms with Gasteiger partial charge in [0.2, 0.25) is 0 Å². The molecular weight excluding hydrogens is 248 g/mol. The second-order valence-electron chi connectivity index (χ2n) is 7.35. The topological polar surface area (TPSA) is 35.5 Å². The van der Waals surface area contributed by atoms with Crippen molar-refractivity contribution >= 4 is 0 Å². The van der Waals surface area contributed by atoms with Crippen LogP contribution in [0.4, 0.5) is 0 Å². The van der Waals surface area contributed by atoms with Crippen LogP contribution in [-0.4, -0.2) is 47.3 Å². The molecule has 1 saturated heterocycles. The van der Waals surface area contributed by atoms with Crippen LogP contribution in [0.25, 0.3) is 0 Å². The second-order valence-corrected chi connectivity index (χ2v) is 7.35. The molecule has 20 heavy (non-hydrogen) atoms. The minimum absolute atomic E-state index is 0.106. The van der Waals surface area contributed by atoms with E-state index < -0.39 is 0 Å². The lowest BCUT2D eigenvalue weighted by atomic mass is 9.83. The van der Waals surface area contributed by atoms with Gasteiger partial charge in [0.15, 0.2) is 0 Å². The SMILES string of the molecule is CCC(O)C1CC(NC2CCCC2)CN(C2CCC2)C1. The highest BCUT2D eigenvalue weighted by Crippen LogP contribution is 2.31. The van der Waals surface area contributed by atoms with Crippen LogP contribution in [0.15, 0.2) is 0 Å². The summed E-state index contributed by atoms with van der Waals surface area (Å²) in [7, 11) is 0. The Kier molecular flexibility index (Phi) is 5.00. The van der Waals surface area contributed by atoms with Crippen LogP contribution < -0.4 is 5.32 Å². The van der Waals surface area contributed by atoms with E-state index in [-0.39, 0.29) is 6.10 Å². The van der Waals surface area contributed by atoms with Crippen molar-refractivity contribution in [2.75, 3.05) is 13.1 Å². The number of nitrogens with one attached hydrogen (secondary N) is 1. The Labute approximate surface area is 124 Å². The maximum atomic E-state index is 10.3. The molecular formula is C17H32N2O. The number of hydrogen-bond acceptors (Lipinski definition) is 3. The van der Waals surface area contributed by atoms with Crippen LogP contribution in [0, 0.1) is 5.92 Å². The predicted octanol–water partition coefficient (Wildman–Crippen LogP) is 2.53. The van der Waals surface area contributed by atoms with E-state index in [0.29, 0.717) is 12.0 Å². The molecule has 0 aromatic heterocycles. The summed E-state index contributed by atoms with van der Waals surface area (Å²) in [6.07, 6.45) is 11.7. The predicted molar refractivity (Wildman–Crippen MR) is 82.8 cm³/mol. The lowest BCUT2D eigenvalue weighted by molar-refractivity contribution is 0.00109. The molecule has 0 radical (unpaired) electrons. The lowest BCUT2D eigenvalue weighted by Gasteiger charge is -2.47. The summed E-state index contributed by atoms with van der Waals surface area (Å²) >= 11 is 0. The Morgan fingerprint density at radius 2 is 1.80 bits per heavy atom. The van der Waals surface area contributed by atoms with Crippen molar-refractivity contribution in [3.8, 4) is 0 Å². The molecule has 0 spiro atoms. The molecule has 3 atom stereocenters. The van der Waals surface area contributed by atoms with Crippen LogP contribution >= 0.6 is 0 Å². The summed E-state index contributed by atoms with van der Waals surface area (Å²) in [5.74, 6) is 0.480. The van der Waals surface area contributed by atoms with E-state index in [0.717, 1.165) is 25.0 Å². The molecule has 0 aromatic carbocycles. The lowest BCUT2D eigenvalue weighted by Crippen LogP contribution is -2.57. The standard InChI is InChI=1S/C17H32N2O/c1-2-17(20)13-10-15(18-14-6-3-4-7-14)12-19(11-13)16-8-5-9-16/h13-18,20H,2-12H2,1H3. The van der Waals surface area contributed by atoms with Crippen LogP contribution in [0.3, 0.4) is 0 Å². The van der Waals surface area contributed by atoms with Gasteiger partial charge >= 0.3 is 0 Å². The number of rotatable bonds is 5. The monoisotopic (exact) mass is 280 g/mol. The molecule has 1 heterocycles. The molecule has 0 aromatic rings. The fourth-order valence-corrected chi connectivity index (χ4v) is 4.38. The van der Waals surface area contributed by atoms with Crippen LogP contribution in [0.5, 0.6) is 0 Å². The summed E-state index contributed by atoms with van der Waals surface area (Å²) < 4.78 is 0. The molecule has 3 unspecified atom stereocenters. The van der Waals surface area contributed by atoms with E-state index >= 15 is 0 Å².